The first-order chi connectivity index (χ1) is 15.4. The van der Waals surface area contributed by atoms with Crippen molar-refractivity contribution in [1.82, 2.24) is 0 Å². The van der Waals surface area contributed by atoms with Crippen LogP contribution in [0.1, 0.15) is 12.5 Å². The molecule has 3 rings (SSSR count). The van der Waals surface area contributed by atoms with Gasteiger partial charge in [0.25, 0.3) is 5.69 Å². The Morgan fingerprint density at radius 2 is 1.62 bits per heavy atom. The van der Waals surface area contributed by atoms with E-state index in [1.807, 2.05) is 30.3 Å². The van der Waals surface area contributed by atoms with Crippen molar-refractivity contribution in [2.75, 3.05) is 0 Å². The van der Waals surface area contributed by atoms with E-state index in [1.165, 1.54) is 37.3 Å². The Morgan fingerprint density at radius 1 is 1.00 bits per heavy atom. The van der Waals surface area contributed by atoms with Crippen LogP contribution in [0.25, 0.3) is 0 Å². The Bertz CT molecular complexity index is 1100. The zero-order valence-electron chi connectivity index (χ0n) is 17.0. The zero-order chi connectivity index (χ0) is 22.9. The van der Waals surface area contributed by atoms with Crippen LogP contribution in [0.3, 0.4) is 0 Å². The third-order valence-corrected chi connectivity index (χ3v) is 5.02. The van der Waals surface area contributed by atoms with Gasteiger partial charge in [0.1, 0.15) is 12.4 Å². The molecule has 2 atom stereocenters. The lowest BCUT2D eigenvalue weighted by atomic mass is 10.2. The second-order valence-electron chi connectivity index (χ2n) is 6.51. The summed E-state index contributed by atoms with van der Waals surface area (Å²) in [5.74, 6) is 0.0765. The first-order valence-electron chi connectivity index (χ1n) is 9.50. The molecule has 10 heteroatoms. The topological polar surface area (TPSA) is 123 Å². The van der Waals surface area contributed by atoms with Crippen molar-refractivity contribution >= 4 is 19.8 Å². The van der Waals surface area contributed by atoms with Crippen molar-refractivity contribution in [3.05, 3.63) is 94.5 Å². The number of hydrogen-bond donors (Lipinski definition) is 0. The van der Waals surface area contributed by atoms with E-state index < -0.39 is 25.1 Å². The predicted octanol–water partition coefficient (Wildman–Crippen LogP) is 4.75. The molecule has 0 saturated heterocycles. The molecule has 0 aliphatic carbocycles. The smallest absolute Gasteiger partial charge is 0.395 e. The summed E-state index contributed by atoms with van der Waals surface area (Å²) in [5, 5.41) is 10.8. The molecule has 0 radical (unpaired) electrons. The number of carbonyl (C=O) groups is 1. The molecule has 9 nitrogen and oxygen atoms in total. The summed E-state index contributed by atoms with van der Waals surface area (Å²) < 4.78 is 20.1. The maximum absolute atomic E-state index is 12.3. The molecule has 3 aromatic rings. The first kappa shape index (κ1) is 22.9. The van der Waals surface area contributed by atoms with E-state index in [4.69, 9.17) is 14.0 Å². The van der Waals surface area contributed by atoms with Crippen molar-refractivity contribution in [3.63, 3.8) is 0 Å². The van der Waals surface area contributed by atoms with Crippen LogP contribution in [0, 0.1) is 10.1 Å². The number of rotatable bonds is 9. The van der Waals surface area contributed by atoms with Gasteiger partial charge in [-0.05, 0) is 36.8 Å². The molecular weight excluding hydrogens is 435 g/mol. The van der Waals surface area contributed by atoms with Gasteiger partial charge in [0.05, 0.1) is 4.92 Å². The third kappa shape index (κ3) is 6.60. The number of carbonyl (C=O) groups excluding carboxylic acids is 1. The van der Waals surface area contributed by atoms with Crippen LogP contribution in [-0.2, 0) is 16.1 Å². The van der Waals surface area contributed by atoms with Gasteiger partial charge in [-0.25, -0.2) is 4.79 Å². The number of esters is 1. The fourth-order valence-electron chi connectivity index (χ4n) is 2.52. The second kappa shape index (κ2) is 11.0. The van der Waals surface area contributed by atoms with Gasteiger partial charge < -0.3 is 14.4 Å². The maximum Gasteiger partial charge on any atom is 0.395 e. The highest BCUT2D eigenvalue weighted by atomic mass is 31.1. The normalized spacial score (nSPS) is 12.0. The highest BCUT2D eigenvalue weighted by Gasteiger charge is 2.20. The van der Waals surface area contributed by atoms with Gasteiger partial charge in [-0.1, -0.05) is 47.2 Å². The van der Waals surface area contributed by atoms with Crippen molar-refractivity contribution in [3.8, 4) is 17.2 Å². The molecule has 0 heterocycles. The lowest BCUT2D eigenvalue weighted by Crippen LogP contribution is -2.18. The minimum Gasteiger partial charge on any atom is -0.575 e. The summed E-state index contributed by atoms with van der Waals surface area (Å²) in [7, 11) is -2.59. The van der Waals surface area contributed by atoms with E-state index in [-0.39, 0.29) is 23.8 Å². The number of benzene rings is 3. The maximum atomic E-state index is 12.3. The van der Waals surface area contributed by atoms with E-state index in [1.54, 1.807) is 18.2 Å². The second-order valence-corrected chi connectivity index (χ2v) is 7.40. The van der Waals surface area contributed by atoms with Crippen molar-refractivity contribution < 1.29 is 28.6 Å². The number of nitro benzene ring substituents is 1. The molecule has 32 heavy (non-hydrogen) atoms. The molecule has 164 valence electrons. The van der Waals surface area contributed by atoms with E-state index in [0.29, 0.717) is 5.75 Å². The molecule has 2 unspecified atom stereocenters. The zero-order valence-corrected chi connectivity index (χ0v) is 17.9. The summed E-state index contributed by atoms with van der Waals surface area (Å²) in [6.07, 6.45) is 0. The highest BCUT2D eigenvalue weighted by Crippen LogP contribution is 2.36. The van der Waals surface area contributed by atoms with E-state index in [2.05, 4.69) is 4.74 Å². The Balaban J connectivity index is 1.62. The van der Waals surface area contributed by atoms with Crippen LogP contribution in [0.4, 0.5) is 5.69 Å². The van der Waals surface area contributed by atoms with Crippen LogP contribution in [0.5, 0.6) is 17.2 Å². The minimum absolute atomic E-state index is 0.0723. The number of para-hydroxylation sites is 2. The average molecular weight is 454 g/mol. The molecule has 0 N–H and O–H groups in total. The molecule has 0 amide bonds. The lowest BCUT2D eigenvalue weighted by molar-refractivity contribution is -0.384. The summed E-state index contributed by atoms with van der Waals surface area (Å²) in [6, 6.07) is 20.1. The summed E-state index contributed by atoms with van der Waals surface area (Å²) >= 11 is 0. The molecule has 0 aliphatic heterocycles. The van der Waals surface area contributed by atoms with Gasteiger partial charge in [0.2, 0.25) is 5.75 Å². The van der Waals surface area contributed by atoms with E-state index in [0.717, 1.165) is 5.56 Å². The Kier molecular flexibility index (Phi) is 7.85. The SMILES string of the molecule is CC(/N=[P+](/[O-])Oc1ccccc1Oc1ccc([N+](=O)[O-])cc1)C(=O)OCc1ccccc1. The Hall–Kier alpha value is -3.81. The summed E-state index contributed by atoms with van der Waals surface area (Å²) in [6.45, 7) is 1.55. The highest BCUT2D eigenvalue weighted by molar-refractivity contribution is 7.34. The summed E-state index contributed by atoms with van der Waals surface area (Å²) in [4.78, 5) is 34.7. The number of nitrogens with zero attached hydrogens (tertiary/aromatic N) is 2. The van der Waals surface area contributed by atoms with Crippen LogP contribution < -0.4 is 14.2 Å². The lowest BCUT2D eigenvalue weighted by Gasteiger charge is -2.09. The molecule has 0 saturated carbocycles. The minimum atomic E-state index is -2.59. The van der Waals surface area contributed by atoms with Gasteiger partial charge >= 0.3 is 14.1 Å². The average Bonchev–Trinajstić information content (AvgIpc) is 2.79. The molecule has 3 aromatic carbocycles. The monoisotopic (exact) mass is 454 g/mol. The van der Waals surface area contributed by atoms with Crippen LogP contribution in [-0.4, -0.2) is 16.9 Å². The predicted molar refractivity (Wildman–Crippen MR) is 115 cm³/mol. The molecule has 0 fully saturated rings. The van der Waals surface area contributed by atoms with Gasteiger partial charge in [0, 0.05) is 12.1 Å². The van der Waals surface area contributed by atoms with Gasteiger partial charge in [-0.2, -0.15) is 0 Å². The number of non-ortho nitro benzene ring substituents is 1. The van der Waals surface area contributed by atoms with E-state index >= 15 is 0 Å². The standard InChI is InChI=1S/C22H19N2O7P/c1-16(22(25)29-15-17-7-3-2-4-8-17)23-32(28)31-21-10-6-5-9-20(21)30-19-13-11-18(12-14-19)24(26)27/h2-14,16H,15H2,1H3. The number of ether oxygens (including phenoxy) is 2. The molecule has 0 aliphatic rings. The third-order valence-electron chi connectivity index (χ3n) is 4.13. The number of hydrogen-bond acceptors (Lipinski definition) is 8. The van der Waals surface area contributed by atoms with Crippen molar-refractivity contribution in [1.29, 1.82) is 0 Å². The fourth-order valence-corrected chi connectivity index (χ4v) is 3.26. The molecule has 0 aromatic heterocycles. The van der Waals surface area contributed by atoms with Gasteiger partial charge in [-0.15, -0.1) is 0 Å². The van der Waals surface area contributed by atoms with Gasteiger partial charge in [-0.3, -0.25) is 14.6 Å². The fraction of sp³-hybridized carbons (Fsp3) is 0.136. The van der Waals surface area contributed by atoms with E-state index in [9.17, 15) is 19.8 Å². The molecule has 0 spiro atoms. The van der Waals surface area contributed by atoms with Crippen LogP contribution in [0.2, 0.25) is 0 Å². The Labute approximate surface area is 185 Å². The van der Waals surface area contributed by atoms with Crippen LogP contribution in [0.15, 0.2) is 83.6 Å². The van der Waals surface area contributed by atoms with Crippen LogP contribution >= 0.6 is 8.17 Å². The van der Waals surface area contributed by atoms with Crippen molar-refractivity contribution in [2.45, 2.75) is 19.6 Å². The largest absolute Gasteiger partial charge is 0.575 e. The quantitative estimate of drug-likeness (QED) is 0.198. The number of nitro groups is 1. The van der Waals surface area contributed by atoms with Gasteiger partial charge in [0.15, 0.2) is 11.8 Å². The first-order valence-corrected chi connectivity index (χ1v) is 10.6. The molecule has 0 bridgehead atoms. The molecular formula is C22H19N2O7P. The Morgan fingerprint density at radius 3 is 2.28 bits per heavy atom. The summed E-state index contributed by atoms with van der Waals surface area (Å²) in [5.41, 5.74) is 0.753. The van der Waals surface area contributed by atoms with Crippen molar-refractivity contribution in [2.24, 2.45) is 4.74 Å².